The Labute approximate surface area is 83.1 Å². The number of ether oxygens (including phenoxy) is 3. The highest BCUT2D eigenvalue weighted by atomic mass is 16.7. The van der Waals surface area contributed by atoms with Crippen LogP contribution < -0.4 is 0 Å². The van der Waals surface area contributed by atoms with E-state index in [1.54, 1.807) is 0 Å². The van der Waals surface area contributed by atoms with Gasteiger partial charge in [-0.3, -0.25) is 0 Å². The molecule has 6 unspecified atom stereocenters. The molecule has 3 fully saturated rings. The maximum absolute atomic E-state index is 9.45. The van der Waals surface area contributed by atoms with Crippen molar-refractivity contribution in [2.75, 3.05) is 6.61 Å². The summed E-state index contributed by atoms with van der Waals surface area (Å²) in [5, 5.41) is 9.45. The smallest absolute Gasteiger partial charge is 0.163 e. The molecular weight excluding hydrogens is 184 g/mol. The van der Waals surface area contributed by atoms with E-state index in [2.05, 4.69) is 6.92 Å². The van der Waals surface area contributed by atoms with Crippen molar-refractivity contribution >= 4 is 0 Å². The van der Waals surface area contributed by atoms with Gasteiger partial charge in [-0.25, -0.2) is 0 Å². The quantitative estimate of drug-likeness (QED) is 0.618. The van der Waals surface area contributed by atoms with Crippen LogP contribution in [-0.4, -0.2) is 36.5 Å². The molecule has 0 saturated carbocycles. The second-order valence-electron chi connectivity index (χ2n) is 4.53. The van der Waals surface area contributed by atoms with Gasteiger partial charge in [0.1, 0.15) is 0 Å². The van der Waals surface area contributed by atoms with Gasteiger partial charge in [0, 0.05) is 11.8 Å². The lowest BCUT2D eigenvalue weighted by molar-refractivity contribution is -0.264. The van der Waals surface area contributed by atoms with Crippen molar-refractivity contribution in [3.05, 3.63) is 0 Å². The summed E-state index contributed by atoms with van der Waals surface area (Å²) < 4.78 is 16.9. The van der Waals surface area contributed by atoms with E-state index in [-0.39, 0.29) is 18.5 Å². The first-order chi connectivity index (χ1) is 6.75. The van der Waals surface area contributed by atoms with Gasteiger partial charge in [0.15, 0.2) is 12.6 Å². The Balaban J connectivity index is 1.83. The van der Waals surface area contributed by atoms with Crippen molar-refractivity contribution in [1.82, 2.24) is 0 Å². The molecule has 4 nitrogen and oxygen atoms in total. The van der Waals surface area contributed by atoms with Crippen molar-refractivity contribution in [1.29, 1.82) is 0 Å². The highest BCUT2D eigenvalue weighted by Gasteiger charge is 2.51. The minimum atomic E-state index is -0.587. The highest BCUT2D eigenvalue weighted by molar-refractivity contribution is 4.93. The number of hydrogen-bond acceptors (Lipinski definition) is 4. The second kappa shape index (κ2) is 3.17. The van der Waals surface area contributed by atoms with Crippen LogP contribution in [0.25, 0.3) is 0 Å². The summed E-state index contributed by atoms with van der Waals surface area (Å²) in [6.45, 7) is 2.80. The first-order valence-corrected chi connectivity index (χ1v) is 5.36. The average molecular weight is 200 g/mol. The zero-order valence-corrected chi connectivity index (χ0v) is 8.26. The van der Waals surface area contributed by atoms with E-state index in [0.29, 0.717) is 24.9 Å². The summed E-state index contributed by atoms with van der Waals surface area (Å²) in [6, 6.07) is 0. The number of aliphatic hydroxyl groups excluding tert-OH is 1. The van der Waals surface area contributed by atoms with Gasteiger partial charge in [0.05, 0.1) is 18.8 Å². The third-order valence-electron chi connectivity index (χ3n) is 3.67. The van der Waals surface area contributed by atoms with Crippen LogP contribution in [-0.2, 0) is 14.2 Å². The van der Waals surface area contributed by atoms with Crippen molar-refractivity contribution in [3.63, 3.8) is 0 Å². The fraction of sp³-hybridized carbons (Fsp3) is 1.00. The van der Waals surface area contributed by atoms with Gasteiger partial charge in [-0.1, -0.05) is 6.92 Å². The minimum absolute atomic E-state index is 0.0892. The summed E-state index contributed by atoms with van der Waals surface area (Å²) in [6.07, 6.45) is 1.23. The van der Waals surface area contributed by atoms with Crippen molar-refractivity contribution in [2.24, 2.45) is 11.8 Å². The van der Waals surface area contributed by atoms with Crippen LogP contribution in [0, 0.1) is 11.8 Å². The number of aliphatic hydroxyl groups is 1. The predicted octanol–water partition coefficient (Wildman–Crippen LogP) is 0.491. The molecule has 4 heteroatoms. The molecule has 2 bridgehead atoms. The van der Waals surface area contributed by atoms with Crippen LogP contribution in [0.1, 0.15) is 19.8 Å². The average Bonchev–Trinajstić information content (AvgIpc) is 2.61. The van der Waals surface area contributed by atoms with Crippen LogP contribution in [0.15, 0.2) is 0 Å². The standard InChI is InChI=1S/C10H16O4/c1-5-7-4-12-10(13-7)6-2-3-8(11)14-9(5)6/h5-11H,2-4H2,1H3. The Hall–Kier alpha value is -0.160. The van der Waals surface area contributed by atoms with Gasteiger partial charge in [-0.15, -0.1) is 0 Å². The first-order valence-electron chi connectivity index (χ1n) is 5.36. The van der Waals surface area contributed by atoms with E-state index >= 15 is 0 Å². The summed E-state index contributed by atoms with van der Waals surface area (Å²) >= 11 is 0. The summed E-state index contributed by atoms with van der Waals surface area (Å²) in [7, 11) is 0. The van der Waals surface area contributed by atoms with Crippen LogP contribution >= 0.6 is 0 Å². The van der Waals surface area contributed by atoms with Crippen molar-refractivity contribution in [2.45, 2.75) is 44.6 Å². The lowest BCUT2D eigenvalue weighted by atomic mass is 9.82. The van der Waals surface area contributed by atoms with Gasteiger partial charge < -0.3 is 19.3 Å². The van der Waals surface area contributed by atoms with E-state index < -0.39 is 6.29 Å². The molecule has 80 valence electrons. The summed E-state index contributed by atoms with van der Waals surface area (Å²) in [5.41, 5.74) is 0. The normalized spacial score (nSPS) is 57.0. The fourth-order valence-electron chi connectivity index (χ4n) is 2.81. The van der Waals surface area contributed by atoms with E-state index in [1.807, 2.05) is 0 Å². The third kappa shape index (κ3) is 1.21. The molecule has 14 heavy (non-hydrogen) atoms. The molecule has 0 amide bonds. The van der Waals surface area contributed by atoms with Crippen LogP contribution in [0.5, 0.6) is 0 Å². The summed E-state index contributed by atoms with van der Waals surface area (Å²) in [5.74, 6) is 0.640. The van der Waals surface area contributed by atoms with Gasteiger partial charge in [0.25, 0.3) is 0 Å². The molecule has 0 radical (unpaired) electrons. The molecule has 0 aromatic carbocycles. The lowest BCUT2D eigenvalue weighted by Gasteiger charge is -2.43. The summed E-state index contributed by atoms with van der Waals surface area (Å²) in [4.78, 5) is 0. The Bertz CT molecular complexity index is 232. The second-order valence-corrected chi connectivity index (χ2v) is 4.53. The molecule has 0 aromatic heterocycles. The van der Waals surface area contributed by atoms with E-state index in [9.17, 15) is 5.11 Å². The SMILES string of the molecule is CC1C2COC(O2)C2CCC(O)OC12. The van der Waals surface area contributed by atoms with Crippen LogP contribution in [0.4, 0.5) is 0 Å². The number of fused-ring (bicyclic) bond motifs is 4. The Morgan fingerprint density at radius 3 is 2.93 bits per heavy atom. The molecule has 3 rings (SSSR count). The zero-order chi connectivity index (χ0) is 9.71. The molecule has 6 atom stereocenters. The molecule has 3 aliphatic heterocycles. The van der Waals surface area contributed by atoms with Gasteiger partial charge >= 0.3 is 0 Å². The number of rotatable bonds is 0. The molecule has 0 aliphatic carbocycles. The lowest BCUT2D eigenvalue weighted by Crippen LogP contribution is -2.51. The molecular formula is C10H16O4. The topological polar surface area (TPSA) is 47.9 Å². The molecule has 3 aliphatic rings. The van der Waals surface area contributed by atoms with Gasteiger partial charge in [0.2, 0.25) is 0 Å². The van der Waals surface area contributed by atoms with Gasteiger partial charge in [-0.2, -0.15) is 0 Å². The third-order valence-corrected chi connectivity index (χ3v) is 3.67. The Morgan fingerprint density at radius 1 is 1.21 bits per heavy atom. The maximum Gasteiger partial charge on any atom is 0.163 e. The van der Waals surface area contributed by atoms with Gasteiger partial charge in [-0.05, 0) is 12.8 Å². The maximum atomic E-state index is 9.45. The monoisotopic (exact) mass is 200 g/mol. The van der Waals surface area contributed by atoms with Crippen molar-refractivity contribution < 1.29 is 19.3 Å². The van der Waals surface area contributed by atoms with E-state index in [4.69, 9.17) is 14.2 Å². The van der Waals surface area contributed by atoms with E-state index in [1.165, 1.54) is 0 Å². The Morgan fingerprint density at radius 2 is 2.07 bits per heavy atom. The van der Waals surface area contributed by atoms with Crippen LogP contribution in [0.2, 0.25) is 0 Å². The molecule has 3 heterocycles. The molecule has 0 spiro atoms. The fourth-order valence-corrected chi connectivity index (χ4v) is 2.81. The molecule has 3 saturated heterocycles. The first kappa shape index (κ1) is 9.09. The largest absolute Gasteiger partial charge is 0.368 e. The molecule has 1 N–H and O–H groups in total. The zero-order valence-electron chi connectivity index (χ0n) is 8.26. The van der Waals surface area contributed by atoms with Crippen molar-refractivity contribution in [3.8, 4) is 0 Å². The Kier molecular flexibility index (Phi) is 2.06. The minimum Gasteiger partial charge on any atom is -0.368 e. The molecule has 0 aromatic rings. The predicted molar refractivity (Wildman–Crippen MR) is 47.4 cm³/mol. The van der Waals surface area contributed by atoms with Crippen LogP contribution in [0.3, 0.4) is 0 Å². The highest BCUT2D eigenvalue weighted by Crippen LogP contribution is 2.42. The van der Waals surface area contributed by atoms with E-state index in [0.717, 1.165) is 6.42 Å². The number of hydrogen-bond donors (Lipinski definition) is 1.